The lowest BCUT2D eigenvalue weighted by atomic mass is 9.75. The molecular formula is C18H18F3N5O. The molecule has 2 aliphatic rings. The molecule has 27 heavy (non-hydrogen) atoms. The number of hydrogen-bond donors (Lipinski definition) is 0. The average molecular weight is 377 g/mol. The van der Waals surface area contributed by atoms with Crippen LogP contribution in [-0.4, -0.2) is 57.9 Å². The number of nitrogens with zero attached hydrogens (tertiary/aromatic N) is 5. The Kier molecular flexibility index (Phi) is 4.24. The fourth-order valence-electron chi connectivity index (χ4n) is 3.94. The van der Waals surface area contributed by atoms with Crippen molar-refractivity contribution in [3.05, 3.63) is 48.4 Å². The number of piperidine rings is 1. The van der Waals surface area contributed by atoms with Crippen molar-refractivity contribution < 1.29 is 18.0 Å². The quantitative estimate of drug-likeness (QED) is 0.804. The molecule has 142 valence electrons. The smallest absolute Gasteiger partial charge is 0.274 e. The standard InChI is InChI=1S/C18H18F3N5O/c19-13-2-1-5-24-15(13)25-8-3-17(11-25)12-26(9-4-18(17,20)21)16(27)14-10-22-6-7-23-14/h1-2,5-7,10H,3-4,8-9,11-12H2/t17-/m1/s1. The lowest BCUT2D eigenvalue weighted by molar-refractivity contribution is -0.150. The molecule has 2 aromatic heterocycles. The van der Waals surface area contributed by atoms with Crippen molar-refractivity contribution in [1.82, 2.24) is 19.9 Å². The molecule has 4 heterocycles. The predicted molar refractivity (Wildman–Crippen MR) is 91.0 cm³/mol. The van der Waals surface area contributed by atoms with E-state index in [0.717, 1.165) is 0 Å². The second-order valence-corrected chi connectivity index (χ2v) is 7.03. The van der Waals surface area contributed by atoms with E-state index in [0.29, 0.717) is 0 Å². The van der Waals surface area contributed by atoms with Crippen molar-refractivity contribution in [3.8, 4) is 0 Å². The maximum absolute atomic E-state index is 14.9. The Bertz CT molecular complexity index is 850. The lowest BCUT2D eigenvalue weighted by Gasteiger charge is -2.45. The molecule has 6 nitrogen and oxygen atoms in total. The Morgan fingerprint density at radius 3 is 2.67 bits per heavy atom. The third-order valence-electron chi connectivity index (χ3n) is 5.43. The van der Waals surface area contributed by atoms with E-state index in [1.54, 1.807) is 4.90 Å². The summed E-state index contributed by atoms with van der Waals surface area (Å²) in [4.78, 5) is 27.4. The zero-order valence-corrected chi connectivity index (χ0v) is 14.5. The third kappa shape index (κ3) is 3.00. The van der Waals surface area contributed by atoms with Gasteiger partial charge in [-0.1, -0.05) is 0 Å². The van der Waals surface area contributed by atoms with Gasteiger partial charge >= 0.3 is 0 Å². The Labute approximate surface area is 154 Å². The van der Waals surface area contributed by atoms with Crippen molar-refractivity contribution in [3.63, 3.8) is 0 Å². The van der Waals surface area contributed by atoms with Gasteiger partial charge in [0.25, 0.3) is 11.8 Å². The zero-order valence-electron chi connectivity index (χ0n) is 14.5. The summed E-state index contributed by atoms with van der Waals surface area (Å²) in [5.74, 6) is -3.84. The van der Waals surface area contributed by atoms with E-state index in [1.807, 2.05) is 0 Å². The van der Waals surface area contributed by atoms with E-state index in [9.17, 15) is 18.0 Å². The largest absolute Gasteiger partial charge is 0.353 e. The number of alkyl halides is 2. The van der Waals surface area contributed by atoms with Gasteiger partial charge in [0.05, 0.1) is 11.6 Å². The van der Waals surface area contributed by atoms with E-state index in [2.05, 4.69) is 15.0 Å². The topological polar surface area (TPSA) is 62.2 Å². The lowest BCUT2D eigenvalue weighted by Crippen LogP contribution is -2.58. The minimum Gasteiger partial charge on any atom is -0.353 e. The van der Waals surface area contributed by atoms with E-state index >= 15 is 0 Å². The molecule has 2 aromatic rings. The highest BCUT2D eigenvalue weighted by atomic mass is 19.3. The first kappa shape index (κ1) is 17.7. The first-order valence-corrected chi connectivity index (χ1v) is 8.70. The average Bonchev–Trinajstić information content (AvgIpc) is 3.10. The molecule has 1 amide bonds. The van der Waals surface area contributed by atoms with Gasteiger partial charge in [-0.15, -0.1) is 0 Å². The summed E-state index contributed by atoms with van der Waals surface area (Å²) in [6.45, 7) is 0.0390. The fourth-order valence-corrected chi connectivity index (χ4v) is 3.94. The molecule has 2 fully saturated rings. The SMILES string of the molecule is O=C(c1cnccn1)N1CCC(F)(F)[C@@]2(CCN(c3ncccc3F)C2)C1. The number of amides is 1. The van der Waals surface area contributed by atoms with Gasteiger partial charge in [0.1, 0.15) is 5.69 Å². The predicted octanol–water partition coefficient (Wildman–Crippen LogP) is 2.39. The minimum atomic E-state index is -2.95. The van der Waals surface area contributed by atoms with E-state index in [4.69, 9.17) is 0 Å². The van der Waals surface area contributed by atoms with E-state index in [-0.39, 0.29) is 44.1 Å². The van der Waals surface area contributed by atoms with E-state index in [1.165, 1.54) is 41.8 Å². The molecule has 9 heteroatoms. The highest BCUT2D eigenvalue weighted by Gasteiger charge is 2.60. The van der Waals surface area contributed by atoms with Gasteiger partial charge in [0.15, 0.2) is 11.6 Å². The molecule has 0 aliphatic carbocycles. The van der Waals surface area contributed by atoms with Gasteiger partial charge in [-0.3, -0.25) is 9.78 Å². The van der Waals surface area contributed by atoms with Crippen LogP contribution in [0, 0.1) is 11.2 Å². The molecule has 0 bridgehead atoms. The number of aromatic nitrogens is 3. The van der Waals surface area contributed by atoms with Crippen LogP contribution < -0.4 is 4.90 Å². The number of carbonyl (C=O) groups excluding carboxylic acids is 1. The van der Waals surface area contributed by atoms with Gasteiger partial charge in [0.2, 0.25) is 0 Å². The zero-order chi connectivity index (χ0) is 19.1. The van der Waals surface area contributed by atoms with Crippen molar-refractivity contribution in [1.29, 1.82) is 0 Å². The van der Waals surface area contributed by atoms with Crippen LogP contribution in [0.3, 0.4) is 0 Å². The van der Waals surface area contributed by atoms with Crippen LogP contribution in [0.4, 0.5) is 19.0 Å². The number of carbonyl (C=O) groups is 1. The van der Waals surface area contributed by atoms with Crippen molar-refractivity contribution in [2.75, 3.05) is 31.1 Å². The minimum absolute atomic E-state index is 0.0535. The molecule has 0 aromatic carbocycles. The molecule has 4 rings (SSSR count). The van der Waals surface area contributed by atoms with Crippen LogP contribution in [-0.2, 0) is 0 Å². The molecule has 0 radical (unpaired) electrons. The first-order chi connectivity index (χ1) is 12.9. The highest BCUT2D eigenvalue weighted by Crippen LogP contribution is 2.50. The van der Waals surface area contributed by atoms with Crippen LogP contribution in [0.15, 0.2) is 36.9 Å². The maximum Gasteiger partial charge on any atom is 0.274 e. The first-order valence-electron chi connectivity index (χ1n) is 8.70. The fraction of sp³-hybridized carbons (Fsp3) is 0.444. The molecule has 2 aliphatic heterocycles. The van der Waals surface area contributed by atoms with Gasteiger partial charge < -0.3 is 9.80 Å². The van der Waals surface area contributed by atoms with Crippen LogP contribution in [0.2, 0.25) is 0 Å². The Morgan fingerprint density at radius 2 is 1.93 bits per heavy atom. The van der Waals surface area contributed by atoms with Gasteiger partial charge in [-0.2, -0.15) is 0 Å². The molecule has 1 atom stereocenters. The maximum atomic E-state index is 14.9. The second-order valence-electron chi connectivity index (χ2n) is 7.03. The summed E-state index contributed by atoms with van der Waals surface area (Å²) >= 11 is 0. The third-order valence-corrected chi connectivity index (χ3v) is 5.43. The van der Waals surface area contributed by atoms with Crippen LogP contribution in [0.25, 0.3) is 0 Å². The van der Waals surface area contributed by atoms with Crippen LogP contribution in [0.1, 0.15) is 23.3 Å². The van der Waals surface area contributed by atoms with Crippen molar-refractivity contribution in [2.24, 2.45) is 5.41 Å². The Balaban J connectivity index is 1.59. The number of rotatable bonds is 2. The summed E-state index contributed by atoms with van der Waals surface area (Å²) in [5, 5.41) is 0. The van der Waals surface area contributed by atoms with Gasteiger partial charge in [-0.25, -0.2) is 23.1 Å². The molecule has 0 saturated carbocycles. The van der Waals surface area contributed by atoms with E-state index < -0.39 is 29.5 Å². The number of likely N-dealkylation sites (tertiary alicyclic amines) is 1. The molecule has 1 spiro atoms. The Hall–Kier alpha value is -2.71. The Morgan fingerprint density at radius 1 is 1.07 bits per heavy atom. The van der Waals surface area contributed by atoms with Gasteiger partial charge in [-0.05, 0) is 18.6 Å². The number of pyridine rings is 1. The molecule has 0 N–H and O–H groups in total. The van der Waals surface area contributed by atoms with Crippen molar-refractivity contribution in [2.45, 2.75) is 18.8 Å². The highest BCUT2D eigenvalue weighted by molar-refractivity contribution is 5.92. The summed E-state index contributed by atoms with van der Waals surface area (Å²) < 4.78 is 43.8. The number of halogens is 3. The number of anilines is 1. The normalized spacial score (nSPS) is 24.4. The molecule has 2 saturated heterocycles. The monoisotopic (exact) mass is 377 g/mol. The second kappa shape index (κ2) is 6.47. The number of hydrogen-bond acceptors (Lipinski definition) is 5. The molecule has 0 unspecified atom stereocenters. The summed E-state index contributed by atoms with van der Waals surface area (Å²) in [6, 6.07) is 2.72. The van der Waals surface area contributed by atoms with Crippen LogP contribution in [0.5, 0.6) is 0 Å². The van der Waals surface area contributed by atoms with Gasteiger partial charge in [0, 0.05) is 51.2 Å². The summed E-state index contributed by atoms with van der Waals surface area (Å²) in [6.07, 6.45) is 5.32. The van der Waals surface area contributed by atoms with Crippen LogP contribution >= 0.6 is 0 Å². The summed E-state index contributed by atoms with van der Waals surface area (Å²) in [7, 11) is 0. The summed E-state index contributed by atoms with van der Waals surface area (Å²) in [5.41, 5.74) is -1.31. The molecular weight excluding hydrogens is 359 g/mol. The van der Waals surface area contributed by atoms with Crippen molar-refractivity contribution >= 4 is 11.7 Å².